The number of nitrogens with zero attached hydrogens (tertiary/aromatic N) is 2. The third kappa shape index (κ3) is 6.18. The molecule has 1 saturated heterocycles. The van der Waals surface area contributed by atoms with Gasteiger partial charge < -0.3 is 10.2 Å². The van der Waals surface area contributed by atoms with Crippen molar-refractivity contribution < 1.29 is 8.42 Å². The van der Waals surface area contributed by atoms with Gasteiger partial charge >= 0.3 is 0 Å². The molecule has 114 valence electrons. The fourth-order valence-electron chi connectivity index (χ4n) is 2.25. The summed E-state index contributed by atoms with van der Waals surface area (Å²) in [6.45, 7) is 6.95. The van der Waals surface area contributed by atoms with Crippen molar-refractivity contribution in [2.45, 2.75) is 19.8 Å². The Labute approximate surface area is 117 Å². The lowest BCUT2D eigenvalue weighted by molar-refractivity contribution is 0.390. The van der Waals surface area contributed by atoms with E-state index in [0.29, 0.717) is 19.0 Å². The predicted octanol–water partition coefficient (Wildman–Crippen LogP) is -0.296. The van der Waals surface area contributed by atoms with E-state index in [-0.39, 0.29) is 0 Å². The molecule has 0 aliphatic carbocycles. The molecule has 1 fully saturated rings. The van der Waals surface area contributed by atoms with Crippen LogP contribution in [0, 0.1) is 5.92 Å². The second-order valence-electron chi connectivity index (χ2n) is 5.30. The maximum absolute atomic E-state index is 12.0. The predicted molar refractivity (Wildman–Crippen MR) is 78.3 cm³/mol. The lowest BCUT2D eigenvalue weighted by atomic mass is 10.1. The average Bonchev–Trinajstić information content (AvgIpc) is 2.78. The van der Waals surface area contributed by atoms with Gasteiger partial charge in [0.1, 0.15) is 0 Å². The maximum Gasteiger partial charge on any atom is 0.279 e. The number of hydrogen-bond acceptors (Lipinski definition) is 4. The van der Waals surface area contributed by atoms with Crippen LogP contribution in [0.15, 0.2) is 0 Å². The van der Waals surface area contributed by atoms with Crippen molar-refractivity contribution in [3.05, 3.63) is 0 Å². The Morgan fingerprint density at radius 2 is 2.16 bits per heavy atom. The summed E-state index contributed by atoms with van der Waals surface area (Å²) in [7, 11) is 0.389. The van der Waals surface area contributed by atoms with Gasteiger partial charge in [-0.2, -0.15) is 12.7 Å². The van der Waals surface area contributed by atoms with Crippen molar-refractivity contribution in [1.82, 2.24) is 19.2 Å². The number of rotatable bonds is 9. The van der Waals surface area contributed by atoms with Crippen LogP contribution in [0.4, 0.5) is 0 Å². The van der Waals surface area contributed by atoms with Gasteiger partial charge in [0.15, 0.2) is 0 Å². The summed E-state index contributed by atoms with van der Waals surface area (Å²) in [5.41, 5.74) is 0. The SMILES string of the molecule is CCNCCCN(C)S(=O)(=O)NCC1CCN(C)C1. The normalized spacial score (nSPS) is 21.4. The second-order valence-corrected chi connectivity index (χ2v) is 7.16. The van der Waals surface area contributed by atoms with Gasteiger partial charge in [-0.05, 0) is 45.4 Å². The number of likely N-dealkylation sites (tertiary alicyclic amines) is 1. The maximum atomic E-state index is 12.0. The summed E-state index contributed by atoms with van der Waals surface area (Å²) < 4.78 is 28.1. The topological polar surface area (TPSA) is 64.7 Å². The van der Waals surface area contributed by atoms with Gasteiger partial charge in [0.2, 0.25) is 0 Å². The zero-order chi connectivity index (χ0) is 14.3. The molecule has 1 rings (SSSR count). The average molecular weight is 292 g/mol. The standard InChI is InChI=1S/C12H28N4O2S/c1-4-13-7-5-8-16(3)19(17,18)14-10-12-6-9-15(2)11-12/h12-14H,4-11H2,1-3H3. The van der Waals surface area contributed by atoms with Crippen LogP contribution < -0.4 is 10.0 Å². The molecular weight excluding hydrogens is 264 g/mol. The number of hydrogen-bond donors (Lipinski definition) is 2. The van der Waals surface area contributed by atoms with E-state index in [1.165, 1.54) is 4.31 Å². The van der Waals surface area contributed by atoms with Gasteiger partial charge in [-0.3, -0.25) is 0 Å². The van der Waals surface area contributed by atoms with Gasteiger partial charge in [0.25, 0.3) is 10.2 Å². The first kappa shape index (κ1) is 16.8. The van der Waals surface area contributed by atoms with Crippen LogP contribution in [0.1, 0.15) is 19.8 Å². The molecular formula is C12H28N4O2S. The third-order valence-corrected chi connectivity index (χ3v) is 5.06. The molecule has 0 aromatic carbocycles. The third-order valence-electron chi connectivity index (χ3n) is 3.53. The summed E-state index contributed by atoms with van der Waals surface area (Å²) >= 11 is 0. The lowest BCUT2D eigenvalue weighted by Crippen LogP contribution is -2.41. The minimum atomic E-state index is -3.32. The second kappa shape index (κ2) is 8.16. The summed E-state index contributed by atoms with van der Waals surface area (Å²) in [4.78, 5) is 2.24. The lowest BCUT2D eigenvalue weighted by Gasteiger charge is -2.19. The Hall–Kier alpha value is -0.210. The zero-order valence-corrected chi connectivity index (χ0v) is 13.2. The van der Waals surface area contributed by atoms with E-state index in [9.17, 15) is 8.42 Å². The van der Waals surface area contributed by atoms with E-state index in [1.807, 2.05) is 6.92 Å². The Bertz CT molecular complexity index is 348. The molecule has 0 bridgehead atoms. The smallest absolute Gasteiger partial charge is 0.279 e. The van der Waals surface area contributed by atoms with E-state index >= 15 is 0 Å². The Kier molecular flexibility index (Phi) is 7.23. The van der Waals surface area contributed by atoms with Gasteiger partial charge in [-0.15, -0.1) is 0 Å². The first-order valence-corrected chi connectivity index (χ1v) is 8.50. The van der Waals surface area contributed by atoms with Gasteiger partial charge in [-0.1, -0.05) is 6.92 Å². The summed E-state index contributed by atoms with van der Waals surface area (Å²) in [5, 5.41) is 3.19. The number of nitrogens with one attached hydrogen (secondary N) is 2. The highest BCUT2D eigenvalue weighted by molar-refractivity contribution is 7.87. The Morgan fingerprint density at radius 3 is 2.74 bits per heavy atom. The van der Waals surface area contributed by atoms with Crippen LogP contribution in [0.25, 0.3) is 0 Å². The van der Waals surface area contributed by atoms with Crippen LogP contribution in [0.5, 0.6) is 0 Å². The molecule has 0 aromatic rings. The molecule has 1 atom stereocenters. The fraction of sp³-hybridized carbons (Fsp3) is 1.00. The molecule has 0 radical (unpaired) electrons. The molecule has 0 aromatic heterocycles. The molecule has 0 spiro atoms. The minimum Gasteiger partial charge on any atom is -0.317 e. The van der Waals surface area contributed by atoms with Gasteiger partial charge in [0.05, 0.1) is 0 Å². The summed E-state index contributed by atoms with van der Waals surface area (Å²) in [6, 6.07) is 0. The molecule has 0 saturated carbocycles. The first-order valence-electron chi connectivity index (χ1n) is 7.06. The van der Waals surface area contributed by atoms with Crippen molar-refractivity contribution in [3.8, 4) is 0 Å². The monoisotopic (exact) mass is 292 g/mol. The molecule has 19 heavy (non-hydrogen) atoms. The van der Waals surface area contributed by atoms with E-state index in [4.69, 9.17) is 0 Å². The van der Waals surface area contributed by atoms with Crippen LogP contribution >= 0.6 is 0 Å². The molecule has 6 nitrogen and oxygen atoms in total. The highest BCUT2D eigenvalue weighted by atomic mass is 32.2. The van der Waals surface area contributed by atoms with Crippen molar-refractivity contribution in [2.24, 2.45) is 5.92 Å². The Morgan fingerprint density at radius 1 is 1.42 bits per heavy atom. The highest BCUT2D eigenvalue weighted by Gasteiger charge is 2.23. The van der Waals surface area contributed by atoms with Crippen molar-refractivity contribution >= 4 is 10.2 Å². The van der Waals surface area contributed by atoms with Crippen molar-refractivity contribution in [2.75, 3.05) is 53.4 Å². The fourth-order valence-corrected chi connectivity index (χ4v) is 3.29. The van der Waals surface area contributed by atoms with Gasteiger partial charge in [0, 0.05) is 26.7 Å². The molecule has 0 amide bonds. The molecule has 1 heterocycles. The largest absolute Gasteiger partial charge is 0.317 e. The molecule has 2 N–H and O–H groups in total. The van der Waals surface area contributed by atoms with Crippen LogP contribution in [-0.4, -0.2) is 71.0 Å². The van der Waals surface area contributed by atoms with E-state index in [2.05, 4.69) is 22.0 Å². The van der Waals surface area contributed by atoms with Gasteiger partial charge in [-0.25, -0.2) is 4.72 Å². The van der Waals surface area contributed by atoms with Crippen LogP contribution in [-0.2, 0) is 10.2 Å². The van der Waals surface area contributed by atoms with Crippen molar-refractivity contribution in [1.29, 1.82) is 0 Å². The quantitative estimate of drug-likeness (QED) is 0.573. The molecule has 1 unspecified atom stereocenters. The Balaban J connectivity index is 2.25. The van der Waals surface area contributed by atoms with E-state index in [0.717, 1.165) is 39.0 Å². The van der Waals surface area contributed by atoms with Crippen LogP contribution in [0.2, 0.25) is 0 Å². The van der Waals surface area contributed by atoms with E-state index < -0.39 is 10.2 Å². The molecule has 1 aliphatic rings. The summed E-state index contributed by atoms with van der Waals surface area (Å²) in [6.07, 6.45) is 1.90. The van der Waals surface area contributed by atoms with Crippen molar-refractivity contribution in [3.63, 3.8) is 0 Å². The molecule has 1 aliphatic heterocycles. The highest BCUT2D eigenvalue weighted by Crippen LogP contribution is 2.13. The van der Waals surface area contributed by atoms with E-state index in [1.54, 1.807) is 7.05 Å². The first-order chi connectivity index (χ1) is 8.95. The van der Waals surface area contributed by atoms with Crippen LogP contribution in [0.3, 0.4) is 0 Å². The minimum absolute atomic E-state index is 0.440. The zero-order valence-electron chi connectivity index (χ0n) is 12.4. The summed E-state index contributed by atoms with van der Waals surface area (Å²) in [5.74, 6) is 0.440. The molecule has 7 heteroatoms.